The van der Waals surface area contributed by atoms with E-state index in [9.17, 15) is 4.79 Å². The number of rotatable bonds is 1. The van der Waals surface area contributed by atoms with E-state index in [1.165, 1.54) is 0 Å². The number of hydrogen-bond donors (Lipinski definition) is 0. The highest BCUT2D eigenvalue weighted by atomic mass is 127. The number of aromatic nitrogens is 1. The van der Waals surface area contributed by atoms with Crippen molar-refractivity contribution in [1.82, 2.24) is 9.88 Å². The molecule has 0 bridgehead atoms. The molecule has 0 radical (unpaired) electrons. The number of carbonyl (C=O) groups excluding carboxylic acids is 1. The molecule has 2 heterocycles. The average molecular weight is 449 g/mol. The highest BCUT2D eigenvalue weighted by Gasteiger charge is 2.25. The zero-order valence-corrected chi connectivity index (χ0v) is 18.3. The van der Waals surface area contributed by atoms with Gasteiger partial charge in [0.2, 0.25) is 0 Å². The van der Waals surface area contributed by atoms with Gasteiger partial charge in [0.1, 0.15) is 5.60 Å². The Morgan fingerprint density at radius 3 is 2.08 bits per heavy atom. The van der Waals surface area contributed by atoms with Crippen LogP contribution in [0.3, 0.4) is 0 Å². The maximum absolute atomic E-state index is 12.0. The van der Waals surface area contributed by atoms with Gasteiger partial charge in [-0.1, -0.05) is 27.7 Å². The molecule has 0 atom stereocenters. The third kappa shape index (κ3) is 8.17. The SMILES string of the molecule is CC.CC.CC(C)(C)OC(=O)N1CCN(c2cncc(I)c2)CC1. The predicted octanol–water partition coefficient (Wildman–Crippen LogP) is 4.80. The number of halogens is 1. The van der Waals surface area contributed by atoms with Crippen molar-refractivity contribution in [3.63, 3.8) is 0 Å². The maximum Gasteiger partial charge on any atom is 0.410 e. The van der Waals surface area contributed by atoms with E-state index in [4.69, 9.17) is 4.74 Å². The summed E-state index contributed by atoms with van der Waals surface area (Å²) in [5.41, 5.74) is 0.675. The number of nitrogens with zero attached hydrogens (tertiary/aromatic N) is 3. The summed E-state index contributed by atoms with van der Waals surface area (Å²) in [6, 6.07) is 2.11. The molecule has 1 aliphatic heterocycles. The summed E-state index contributed by atoms with van der Waals surface area (Å²) >= 11 is 2.26. The van der Waals surface area contributed by atoms with Crippen LogP contribution >= 0.6 is 22.6 Å². The highest BCUT2D eigenvalue weighted by Crippen LogP contribution is 2.18. The molecular formula is C18H32IN3O2. The first-order valence-corrected chi connectivity index (χ1v) is 9.76. The summed E-state index contributed by atoms with van der Waals surface area (Å²) in [5, 5.41) is 0. The van der Waals surface area contributed by atoms with Gasteiger partial charge in [0, 0.05) is 35.9 Å². The Morgan fingerprint density at radius 2 is 1.62 bits per heavy atom. The number of piperazine rings is 1. The summed E-state index contributed by atoms with van der Waals surface area (Å²) in [7, 11) is 0. The lowest BCUT2D eigenvalue weighted by Crippen LogP contribution is -2.50. The quantitative estimate of drug-likeness (QED) is 0.579. The van der Waals surface area contributed by atoms with Crippen LogP contribution in [0.4, 0.5) is 10.5 Å². The molecule has 1 fully saturated rings. The van der Waals surface area contributed by atoms with Crippen molar-refractivity contribution in [2.45, 2.75) is 54.1 Å². The summed E-state index contributed by atoms with van der Waals surface area (Å²) < 4.78 is 6.51. The van der Waals surface area contributed by atoms with Crippen molar-refractivity contribution in [2.75, 3.05) is 31.1 Å². The molecule has 1 aromatic heterocycles. The molecule has 0 aliphatic carbocycles. The minimum atomic E-state index is -0.437. The maximum atomic E-state index is 12.0. The zero-order valence-electron chi connectivity index (χ0n) is 16.1. The molecular weight excluding hydrogens is 417 g/mol. The molecule has 2 rings (SSSR count). The monoisotopic (exact) mass is 449 g/mol. The second-order valence-corrected chi connectivity index (χ2v) is 7.06. The predicted molar refractivity (Wildman–Crippen MR) is 110 cm³/mol. The van der Waals surface area contributed by atoms with Gasteiger partial charge < -0.3 is 14.5 Å². The van der Waals surface area contributed by atoms with E-state index in [1.54, 1.807) is 4.90 Å². The third-order valence-corrected chi connectivity index (χ3v) is 3.58. The Morgan fingerprint density at radius 1 is 1.08 bits per heavy atom. The number of carbonyl (C=O) groups is 1. The lowest BCUT2D eigenvalue weighted by Gasteiger charge is -2.36. The topological polar surface area (TPSA) is 45.7 Å². The molecule has 0 unspecified atom stereocenters. The van der Waals surface area contributed by atoms with Crippen LogP contribution in [0, 0.1) is 3.57 Å². The minimum absolute atomic E-state index is 0.224. The summed E-state index contributed by atoms with van der Waals surface area (Å²) in [5.74, 6) is 0. The molecule has 1 aliphatic rings. The molecule has 0 spiro atoms. The summed E-state index contributed by atoms with van der Waals surface area (Å²) in [4.78, 5) is 20.2. The molecule has 5 nitrogen and oxygen atoms in total. The van der Waals surface area contributed by atoms with Crippen LogP contribution in [0.1, 0.15) is 48.5 Å². The third-order valence-electron chi connectivity index (χ3n) is 2.99. The largest absolute Gasteiger partial charge is 0.444 e. The molecule has 0 aromatic carbocycles. The number of pyridine rings is 1. The zero-order chi connectivity index (χ0) is 18.8. The fraction of sp³-hybridized carbons (Fsp3) is 0.667. The van der Waals surface area contributed by atoms with Gasteiger partial charge >= 0.3 is 6.09 Å². The standard InChI is InChI=1S/C14H20IN3O2.2C2H6/c1-14(2,3)20-13(19)18-6-4-17(5-7-18)12-8-11(15)9-16-10-12;2*1-2/h8-10H,4-7H2,1-3H3;2*1-2H3. The lowest BCUT2D eigenvalue weighted by molar-refractivity contribution is 0.0240. The van der Waals surface area contributed by atoms with Crippen molar-refractivity contribution in [3.8, 4) is 0 Å². The second kappa shape index (κ2) is 11.5. The fourth-order valence-electron chi connectivity index (χ4n) is 2.05. The van der Waals surface area contributed by atoms with Crippen molar-refractivity contribution in [2.24, 2.45) is 0 Å². The van der Waals surface area contributed by atoms with Crippen molar-refractivity contribution >= 4 is 34.4 Å². The molecule has 1 saturated heterocycles. The van der Waals surface area contributed by atoms with E-state index in [0.29, 0.717) is 13.1 Å². The van der Waals surface area contributed by atoms with E-state index in [-0.39, 0.29) is 6.09 Å². The Balaban J connectivity index is 0.00000123. The van der Waals surface area contributed by atoms with Crippen molar-refractivity contribution < 1.29 is 9.53 Å². The average Bonchev–Trinajstić information content (AvgIpc) is 2.57. The smallest absolute Gasteiger partial charge is 0.410 e. The fourth-order valence-corrected chi connectivity index (χ4v) is 2.53. The molecule has 0 N–H and O–H groups in total. The molecule has 1 aromatic rings. The van der Waals surface area contributed by atoms with Crippen LogP contribution in [-0.2, 0) is 4.74 Å². The number of amides is 1. The Hall–Kier alpha value is -1.05. The summed E-state index contributed by atoms with van der Waals surface area (Å²) in [6.07, 6.45) is 3.48. The normalized spacial score (nSPS) is 14.0. The van der Waals surface area contributed by atoms with Crippen molar-refractivity contribution in [1.29, 1.82) is 0 Å². The van der Waals surface area contributed by atoms with E-state index in [0.717, 1.165) is 22.3 Å². The number of anilines is 1. The number of hydrogen-bond acceptors (Lipinski definition) is 4. The first-order valence-electron chi connectivity index (χ1n) is 8.68. The van der Waals surface area contributed by atoms with E-state index in [1.807, 2.05) is 60.9 Å². The molecule has 1 amide bonds. The summed E-state index contributed by atoms with van der Waals surface area (Å²) in [6.45, 7) is 16.6. The molecule has 138 valence electrons. The van der Waals surface area contributed by atoms with E-state index < -0.39 is 5.60 Å². The van der Waals surface area contributed by atoms with Gasteiger partial charge in [-0.15, -0.1) is 0 Å². The van der Waals surface area contributed by atoms with Gasteiger partial charge in [0.25, 0.3) is 0 Å². The number of ether oxygens (including phenoxy) is 1. The first-order chi connectivity index (χ1) is 11.3. The Bertz CT molecular complexity index is 481. The molecule has 0 saturated carbocycles. The van der Waals surface area contributed by atoms with Gasteiger partial charge in [0.15, 0.2) is 0 Å². The van der Waals surface area contributed by atoms with E-state index >= 15 is 0 Å². The minimum Gasteiger partial charge on any atom is -0.444 e. The van der Waals surface area contributed by atoms with Crippen LogP contribution in [0.5, 0.6) is 0 Å². The van der Waals surface area contributed by atoms with Gasteiger partial charge in [0.05, 0.1) is 11.9 Å². The van der Waals surface area contributed by atoms with Crippen LogP contribution in [0.15, 0.2) is 18.5 Å². The van der Waals surface area contributed by atoms with E-state index in [2.05, 4.69) is 38.5 Å². The van der Waals surface area contributed by atoms with Gasteiger partial charge in [-0.05, 0) is 49.4 Å². The van der Waals surface area contributed by atoms with Crippen molar-refractivity contribution in [3.05, 3.63) is 22.0 Å². The molecule has 6 heteroatoms. The lowest BCUT2D eigenvalue weighted by atomic mass is 10.2. The molecule has 24 heavy (non-hydrogen) atoms. The Kier molecular flexibility index (Phi) is 11.0. The van der Waals surface area contributed by atoms with Crippen LogP contribution in [0.2, 0.25) is 0 Å². The van der Waals surface area contributed by atoms with Gasteiger partial charge in [-0.2, -0.15) is 0 Å². The highest BCUT2D eigenvalue weighted by molar-refractivity contribution is 14.1. The van der Waals surface area contributed by atoms with Gasteiger partial charge in [-0.3, -0.25) is 4.98 Å². The van der Waals surface area contributed by atoms with Gasteiger partial charge in [-0.25, -0.2) is 4.79 Å². The van der Waals surface area contributed by atoms with Crippen LogP contribution in [0.25, 0.3) is 0 Å². The van der Waals surface area contributed by atoms with Crippen LogP contribution in [-0.4, -0.2) is 47.8 Å². The Labute approximate surface area is 160 Å². The second-order valence-electron chi connectivity index (χ2n) is 5.82. The van der Waals surface area contributed by atoms with Crippen LogP contribution < -0.4 is 4.90 Å². The first kappa shape index (κ1) is 22.9.